The van der Waals surface area contributed by atoms with Crippen LogP contribution in [0.1, 0.15) is 6.92 Å². The van der Waals surface area contributed by atoms with Crippen LogP contribution in [0.3, 0.4) is 0 Å². The zero-order valence-corrected chi connectivity index (χ0v) is 10.7. The number of halogens is 1. The maximum absolute atomic E-state index is 11.5. The van der Waals surface area contributed by atoms with Gasteiger partial charge in [-0.1, -0.05) is 0 Å². The van der Waals surface area contributed by atoms with Gasteiger partial charge in [0, 0.05) is 0 Å². The molecule has 0 aromatic heterocycles. The number of anilines is 1. The third-order valence-corrected chi connectivity index (χ3v) is 6.46. The van der Waals surface area contributed by atoms with Crippen molar-refractivity contribution in [3.63, 3.8) is 0 Å². The first kappa shape index (κ1) is 11.5. The van der Waals surface area contributed by atoms with Crippen molar-refractivity contribution < 1.29 is 4.79 Å². The van der Waals surface area contributed by atoms with Crippen molar-refractivity contribution in [2.24, 2.45) is 0 Å². The van der Waals surface area contributed by atoms with E-state index >= 15 is 0 Å². The average Bonchev–Trinajstić information content (AvgIpc) is 2.19. The maximum atomic E-state index is 11.5. The SMILES string of the molecule is CCI(C)CC(=O)Nc1ccccc1. The van der Waals surface area contributed by atoms with E-state index in [0.717, 1.165) is 10.1 Å². The Hall–Kier alpha value is -0.580. The molecule has 0 saturated heterocycles. The summed E-state index contributed by atoms with van der Waals surface area (Å²) in [7, 11) is 0. The van der Waals surface area contributed by atoms with Crippen molar-refractivity contribution in [2.75, 3.05) is 19.1 Å². The van der Waals surface area contributed by atoms with Crippen LogP contribution in [0.2, 0.25) is 0 Å². The number of carbonyl (C=O) groups excluding carboxylic acids is 1. The second-order valence-electron chi connectivity index (χ2n) is 3.04. The van der Waals surface area contributed by atoms with Gasteiger partial charge >= 0.3 is 92.6 Å². The number of carbonyl (C=O) groups is 1. The Morgan fingerprint density at radius 2 is 2.00 bits per heavy atom. The number of nitrogens with one attached hydrogen (secondary N) is 1. The van der Waals surface area contributed by atoms with Crippen LogP contribution in [-0.4, -0.2) is 19.7 Å². The molecule has 3 heteroatoms. The van der Waals surface area contributed by atoms with Gasteiger partial charge < -0.3 is 0 Å². The molecule has 2 nitrogen and oxygen atoms in total. The average molecular weight is 305 g/mol. The fourth-order valence-corrected chi connectivity index (χ4v) is 2.93. The first-order valence-electron chi connectivity index (χ1n) is 4.59. The number of amides is 1. The molecule has 0 radical (unpaired) electrons. The molecular weight excluding hydrogens is 289 g/mol. The molecule has 14 heavy (non-hydrogen) atoms. The van der Waals surface area contributed by atoms with Crippen LogP contribution in [0.4, 0.5) is 5.69 Å². The van der Waals surface area contributed by atoms with Gasteiger partial charge in [-0.15, -0.1) is 0 Å². The number of rotatable bonds is 4. The molecule has 78 valence electrons. The molecule has 0 fully saturated rings. The number of hydrogen-bond donors (Lipinski definition) is 1. The molecular formula is C11H16INO. The quantitative estimate of drug-likeness (QED) is 0.672. The van der Waals surface area contributed by atoms with Crippen LogP contribution >= 0.6 is 19.8 Å². The van der Waals surface area contributed by atoms with Crippen LogP contribution in [0.5, 0.6) is 0 Å². The van der Waals surface area contributed by atoms with Crippen molar-refractivity contribution in [1.29, 1.82) is 0 Å². The van der Waals surface area contributed by atoms with Gasteiger partial charge in [-0.25, -0.2) is 0 Å². The van der Waals surface area contributed by atoms with E-state index in [4.69, 9.17) is 0 Å². The molecule has 0 unspecified atom stereocenters. The van der Waals surface area contributed by atoms with Crippen molar-refractivity contribution in [1.82, 2.24) is 0 Å². The van der Waals surface area contributed by atoms with Crippen LogP contribution in [-0.2, 0) is 4.79 Å². The number of alkyl halides is 3. The summed E-state index contributed by atoms with van der Waals surface area (Å²) in [5, 5.41) is 2.91. The Bertz CT molecular complexity index is 287. The minimum absolute atomic E-state index is 0.172. The topological polar surface area (TPSA) is 29.1 Å². The van der Waals surface area contributed by atoms with E-state index < -0.39 is 19.8 Å². The molecule has 0 bridgehead atoms. The summed E-state index contributed by atoms with van der Waals surface area (Å²) < 4.78 is 1.96. The zero-order chi connectivity index (χ0) is 10.4. The fraction of sp³-hybridized carbons (Fsp3) is 0.364. The van der Waals surface area contributed by atoms with E-state index in [1.165, 1.54) is 4.43 Å². The van der Waals surface area contributed by atoms with E-state index in [1.807, 2.05) is 30.3 Å². The first-order chi connectivity index (χ1) is 6.72. The van der Waals surface area contributed by atoms with Gasteiger partial charge in [0.15, 0.2) is 0 Å². The van der Waals surface area contributed by atoms with Gasteiger partial charge in [-0.3, -0.25) is 0 Å². The summed E-state index contributed by atoms with van der Waals surface area (Å²) in [4.78, 5) is 13.8. The summed E-state index contributed by atoms with van der Waals surface area (Å²) in [5.41, 5.74) is 0.901. The molecule has 0 aliphatic rings. The van der Waals surface area contributed by atoms with Crippen LogP contribution in [0.15, 0.2) is 30.3 Å². The summed E-state index contributed by atoms with van der Waals surface area (Å²) in [6.07, 6.45) is 0. The van der Waals surface area contributed by atoms with Crippen molar-refractivity contribution >= 4 is 31.4 Å². The minimum atomic E-state index is -0.952. The first-order valence-corrected chi connectivity index (χ1v) is 9.80. The van der Waals surface area contributed by atoms with Gasteiger partial charge in [-0.2, -0.15) is 0 Å². The number of hydrogen-bond acceptors (Lipinski definition) is 1. The van der Waals surface area contributed by atoms with Crippen molar-refractivity contribution in [3.05, 3.63) is 30.3 Å². The van der Waals surface area contributed by atoms with E-state index in [2.05, 4.69) is 17.2 Å². The third kappa shape index (κ3) is 4.09. The van der Waals surface area contributed by atoms with E-state index in [1.54, 1.807) is 0 Å². The van der Waals surface area contributed by atoms with Crippen molar-refractivity contribution in [3.8, 4) is 0 Å². The monoisotopic (exact) mass is 305 g/mol. The fourth-order valence-electron chi connectivity index (χ4n) is 1.02. The molecule has 1 rings (SSSR count). The predicted octanol–water partition coefficient (Wildman–Crippen LogP) is 2.78. The van der Waals surface area contributed by atoms with E-state index in [9.17, 15) is 4.79 Å². The van der Waals surface area contributed by atoms with Crippen LogP contribution in [0, 0.1) is 0 Å². The second-order valence-corrected chi connectivity index (χ2v) is 9.46. The van der Waals surface area contributed by atoms with Gasteiger partial charge in [-0.05, 0) is 0 Å². The Morgan fingerprint density at radius 3 is 2.57 bits per heavy atom. The molecule has 1 aromatic rings. The molecule has 1 aromatic carbocycles. The Morgan fingerprint density at radius 1 is 1.36 bits per heavy atom. The van der Waals surface area contributed by atoms with Gasteiger partial charge in [0.1, 0.15) is 0 Å². The molecule has 0 aliphatic heterocycles. The van der Waals surface area contributed by atoms with Gasteiger partial charge in [0.2, 0.25) is 0 Å². The summed E-state index contributed by atoms with van der Waals surface area (Å²) in [5.74, 6) is 0.172. The molecule has 1 amide bonds. The normalized spacial score (nSPS) is 10.9. The molecule has 0 heterocycles. The van der Waals surface area contributed by atoms with Crippen LogP contribution < -0.4 is 5.32 Å². The predicted molar refractivity (Wildman–Crippen MR) is 70.4 cm³/mol. The second kappa shape index (κ2) is 6.01. The molecule has 0 spiro atoms. The summed E-state index contributed by atoms with van der Waals surface area (Å²) in [6.45, 7) is 2.17. The standard InChI is InChI=1S/C11H16INO/c1-3-12(2)9-11(14)13-10-7-5-4-6-8-10/h4-8H,3,9H2,1-2H3,(H,13,14). The molecule has 0 saturated carbocycles. The number of para-hydroxylation sites is 1. The Labute approximate surface area is 92.5 Å². The zero-order valence-electron chi connectivity index (χ0n) is 8.59. The van der Waals surface area contributed by atoms with Gasteiger partial charge in [0.25, 0.3) is 0 Å². The van der Waals surface area contributed by atoms with E-state index in [0.29, 0.717) is 0 Å². The van der Waals surface area contributed by atoms with E-state index in [-0.39, 0.29) is 5.91 Å². The Balaban J connectivity index is 2.42. The van der Waals surface area contributed by atoms with Crippen molar-refractivity contribution in [2.45, 2.75) is 6.92 Å². The molecule has 1 N–H and O–H groups in total. The van der Waals surface area contributed by atoms with Gasteiger partial charge in [0.05, 0.1) is 0 Å². The summed E-state index contributed by atoms with van der Waals surface area (Å²) >= 11 is -0.952. The molecule has 0 aliphatic carbocycles. The molecule has 0 atom stereocenters. The number of benzene rings is 1. The third-order valence-electron chi connectivity index (χ3n) is 1.86. The van der Waals surface area contributed by atoms with Crippen LogP contribution in [0.25, 0.3) is 0 Å². The Kier molecular flexibility index (Phi) is 4.93. The summed E-state index contributed by atoms with van der Waals surface area (Å²) in [6, 6.07) is 9.63.